The third kappa shape index (κ3) is 4.64. The van der Waals surface area contributed by atoms with Gasteiger partial charge in [-0.25, -0.2) is 4.39 Å². The molecule has 0 heterocycles. The number of benzene rings is 2. The highest BCUT2D eigenvalue weighted by molar-refractivity contribution is 9.10. The molecule has 126 valence electrons. The molecule has 2 rings (SSSR count). The quantitative estimate of drug-likeness (QED) is 0.799. The Morgan fingerprint density at radius 2 is 1.79 bits per heavy atom. The van der Waals surface area contributed by atoms with Gasteiger partial charge in [-0.15, -0.1) is 0 Å². The molecule has 2 amide bonds. The number of rotatable bonds is 5. The first-order chi connectivity index (χ1) is 11.4. The van der Waals surface area contributed by atoms with Crippen LogP contribution in [0.15, 0.2) is 46.9 Å². The van der Waals surface area contributed by atoms with Crippen LogP contribution in [0.3, 0.4) is 0 Å². The lowest BCUT2D eigenvalue weighted by atomic mass is 10.1. The monoisotopic (exact) mass is 392 g/mol. The van der Waals surface area contributed by atoms with Crippen molar-refractivity contribution in [3.8, 4) is 0 Å². The summed E-state index contributed by atoms with van der Waals surface area (Å²) in [6.45, 7) is 4.53. The summed E-state index contributed by atoms with van der Waals surface area (Å²) < 4.78 is 13.8. The molecule has 0 atom stereocenters. The van der Waals surface area contributed by atoms with E-state index in [-0.39, 0.29) is 11.5 Å². The van der Waals surface area contributed by atoms with Gasteiger partial charge in [-0.1, -0.05) is 26.0 Å². The fraction of sp³-hybridized carbons (Fsp3) is 0.222. The summed E-state index contributed by atoms with van der Waals surface area (Å²) in [5.74, 6) is -0.950. The Hall–Kier alpha value is -2.21. The van der Waals surface area contributed by atoms with Gasteiger partial charge in [0.1, 0.15) is 5.82 Å². The van der Waals surface area contributed by atoms with Crippen molar-refractivity contribution in [1.82, 2.24) is 5.32 Å². The topological polar surface area (TPSA) is 58.2 Å². The summed E-state index contributed by atoms with van der Waals surface area (Å²) in [5, 5.41) is 5.48. The standard InChI is InChI=1S/C18H18BrFN2O2/c1-11(2)10-21-17(23)13-5-3-4-6-16(13)22-18(24)14-9-12(20)7-8-15(14)19/h3-9,11H,10H2,1-2H3,(H,21,23)(H,22,24). The van der Waals surface area contributed by atoms with Crippen molar-refractivity contribution in [3.63, 3.8) is 0 Å². The first-order valence-electron chi connectivity index (χ1n) is 7.52. The number of carbonyl (C=O) groups excluding carboxylic acids is 2. The Morgan fingerprint density at radius 1 is 1.08 bits per heavy atom. The predicted octanol–water partition coefficient (Wildman–Crippen LogP) is 4.23. The molecule has 0 unspecified atom stereocenters. The van der Waals surface area contributed by atoms with Crippen LogP contribution in [0.4, 0.5) is 10.1 Å². The van der Waals surface area contributed by atoms with Gasteiger partial charge >= 0.3 is 0 Å². The van der Waals surface area contributed by atoms with Crippen molar-refractivity contribution >= 4 is 33.4 Å². The smallest absolute Gasteiger partial charge is 0.256 e. The zero-order valence-corrected chi connectivity index (χ0v) is 15.0. The number of anilines is 1. The molecule has 0 aliphatic heterocycles. The van der Waals surface area contributed by atoms with Crippen molar-refractivity contribution in [2.24, 2.45) is 5.92 Å². The minimum atomic E-state index is -0.508. The van der Waals surface area contributed by atoms with Gasteiger partial charge in [0.2, 0.25) is 0 Å². The maximum Gasteiger partial charge on any atom is 0.256 e. The largest absolute Gasteiger partial charge is 0.352 e. The molecular formula is C18H18BrFN2O2. The zero-order valence-electron chi connectivity index (χ0n) is 13.4. The maximum absolute atomic E-state index is 13.4. The third-order valence-corrected chi connectivity index (χ3v) is 3.96. The average Bonchev–Trinajstić information content (AvgIpc) is 2.55. The van der Waals surface area contributed by atoms with Crippen molar-refractivity contribution in [2.75, 3.05) is 11.9 Å². The highest BCUT2D eigenvalue weighted by Gasteiger charge is 2.16. The summed E-state index contributed by atoms with van der Waals surface area (Å²) in [6.07, 6.45) is 0. The van der Waals surface area contributed by atoms with Crippen molar-refractivity contribution < 1.29 is 14.0 Å². The maximum atomic E-state index is 13.4. The van der Waals surface area contributed by atoms with Gasteiger partial charge in [-0.3, -0.25) is 9.59 Å². The van der Waals surface area contributed by atoms with Crippen LogP contribution in [0.25, 0.3) is 0 Å². The van der Waals surface area contributed by atoms with E-state index in [2.05, 4.69) is 26.6 Å². The van der Waals surface area contributed by atoms with E-state index in [0.717, 1.165) is 6.07 Å². The molecule has 0 fully saturated rings. The third-order valence-electron chi connectivity index (χ3n) is 3.26. The molecule has 0 saturated carbocycles. The summed E-state index contributed by atoms with van der Waals surface area (Å²) in [5.41, 5.74) is 0.895. The van der Waals surface area contributed by atoms with Crippen LogP contribution >= 0.6 is 15.9 Å². The van der Waals surface area contributed by atoms with E-state index >= 15 is 0 Å². The minimum absolute atomic E-state index is 0.160. The van der Waals surface area contributed by atoms with E-state index in [1.165, 1.54) is 12.1 Å². The van der Waals surface area contributed by atoms with Crippen LogP contribution in [0.5, 0.6) is 0 Å². The van der Waals surface area contributed by atoms with Crippen LogP contribution in [-0.2, 0) is 0 Å². The van der Waals surface area contributed by atoms with E-state index in [0.29, 0.717) is 28.2 Å². The summed E-state index contributed by atoms with van der Waals surface area (Å²) in [7, 11) is 0. The first kappa shape index (κ1) is 18.1. The van der Waals surface area contributed by atoms with Gasteiger partial charge in [0.25, 0.3) is 11.8 Å². The molecule has 4 nitrogen and oxygen atoms in total. The second-order valence-corrected chi connectivity index (χ2v) is 6.58. The molecule has 6 heteroatoms. The number of carbonyl (C=O) groups is 2. The van der Waals surface area contributed by atoms with E-state index in [1.54, 1.807) is 24.3 Å². The van der Waals surface area contributed by atoms with Gasteiger partial charge in [0.05, 0.1) is 16.8 Å². The molecule has 2 aromatic rings. The number of hydrogen-bond acceptors (Lipinski definition) is 2. The highest BCUT2D eigenvalue weighted by Crippen LogP contribution is 2.21. The van der Waals surface area contributed by atoms with Crippen molar-refractivity contribution in [3.05, 3.63) is 63.9 Å². The lowest BCUT2D eigenvalue weighted by molar-refractivity contribution is 0.0950. The Balaban J connectivity index is 2.22. The molecule has 0 spiro atoms. The molecule has 24 heavy (non-hydrogen) atoms. The van der Waals surface area contributed by atoms with Gasteiger partial charge in [-0.05, 0) is 52.2 Å². The van der Waals surface area contributed by atoms with Gasteiger partial charge in [-0.2, -0.15) is 0 Å². The van der Waals surface area contributed by atoms with Crippen LogP contribution in [-0.4, -0.2) is 18.4 Å². The minimum Gasteiger partial charge on any atom is -0.352 e. The van der Waals surface area contributed by atoms with Crippen LogP contribution in [0.1, 0.15) is 34.6 Å². The van der Waals surface area contributed by atoms with E-state index < -0.39 is 11.7 Å². The van der Waals surface area contributed by atoms with Gasteiger partial charge in [0, 0.05) is 11.0 Å². The number of hydrogen-bond donors (Lipinski definition) is 2. The molecule has 0 aromatic heterocycles. The molecule has 0 saturated heterocycles. The fourth-order valence-electron chi connectivity index (χ4n) is 2.04. The van der Waals surface area contributed by atoms with E-state index in [1.807, 2.05) is 13.8 Å². The molecule has 0 bridgehead atoms. The lowest BCUT2D eigenvalue weighted by Crippen LogP contribution is -2.28. The summed E-state index contributed by atoms with van der Waals surface area (Å²) in [4.78, 5) is 24.7. The number of nitrogens with one attached hydrogen (secondary N) is 2. The molecule has 0 aliphatic carbocycles. The molecular weight excluding hydrogens is 375 g/mol. The normalized spacial score (nSPS) is 10.5. The molecule has 0 aliphatic rings. The average molecular weight is 393 g/mol. The molecule has 2 N–H and O–H groups in total. The van der Waals surface area contributed by atoms with Crippen LogP contribution < -0.4 is 10.6 Å². The Kier molecular flexibility index (Phi) is 6.09. The molecule has 0 radical (unpaired) electrons. The van der Waals surface area contributed by atoms with E-state index in [9.17, 15) is 14.0 Å². The second kappa shape index (κ2) is 8.06. The predicted molar refractivity (Wildman–Crippen MR) is 95.7 cm³/mol. The zero-order chi connectivity index (χ0) is 17.7. The Morgan fingerprint density at radius 3 is 2.50 bits per heavy atom. The Labute approximate surface area is 148 Å². The second-order valence-electron chi connectivity index (χ2n) is 5.73. The van der Waals surface area contributed by atoms with Gasteiger partial charge in [0.15, 0.2) is 0 Å². The molecule has 2 aromatic carbocycles. The van der Waals surface area contributed by atoms with Crippen molar-refractivity contribution in [2.45, 2.75) is 13.8 Å². The number of para-hydroxylation sites is 1. The van der Waals surface area contributed by atoms with Gasteiger partial charge < -0.3 is 10.6 Å². The van der Waals surface area contributed by atoms with Crippen LogP contribution in [0, 0.1) is 11.7 Å². The van der Waals surface area contributed by atoms with Crippen molar-refractivity contribution in [1.29, 1.82) is 0 Å². The number of amides is 2. The van der Waals surface area contributed by atoms with E-state index in [4.69, 9.17) is 0 Å². The Bertz CT molecular complexity index is 762. The SMILES string of the molecule is CC(C)CNC(=O)c1ccccc1NC(=O)c1cc(F)ccc1Br. The summed E-state index contributed by atoms with van der Waals surface area (Å²) >= 11 is 3.23. The highest BCUT2D eigenvalue weighted by atomic mass is 79.9. The number of halogens is 2. The lowest BCUT2D eigenvalue weighted by Gasteiger charge is -2.13. The summed E-state index contributed by atoms with van der Waals surface area (Å²) in [6, 6.07) is 10.6. The van der Waals surface area contributed by atoms with Crippen LogP contribution in [0.2, 0.25) is 0 Å². The fourth-order valence-corrected chi connectivity index (χ4v) is 2.47. The first-order valence-corrected chi connectivity index (χ1v) is 8.31.